The molecule has 6 heteroatoms. The third kappa shape index (κ3) is 2.45. The van der Waals surface area contributed by atoms with Gasteiger partial charge >= 0.3 is 0 Å². The van der Waals surface area contributed by atoms with Crippen molar-refractivity contribution in [2.75, 3.05) is 0 Å². The number of thiophene rings is 1. The van der Waals surface area contributed by atoms with E-state index in [2.05, 4.69) is 5.10 Å². The number of hydrogen-bond acceptors (Lipinski definition) is 3. The molecule has 3 aromatic rings. The van der Waals surface area contributed by atoms with Crippen molar-refractivity contribution in [3.63, 3.8) is 0 Å². The van der Waals surface area contributed by atoms with Gasteiger partial charge in [-0.05, 0) is 23.1 Å². The summed E-state index contributed by atoms with van der Waals surface area (Å²) >= 11 is 1.57. The van der Waals surface area contributed by atoms with Crippen molar-refractivity contribution in [3.05, 3.63) is 63.9 Å². The highest BCUT2D eigenvalue weighted by Crippen LogP contribution is 2.29. The van der Waals surface area contributed by atoms with Gasteiger partial charge < -0.3 is 4.90 Å². The third-order valence-corrected chi connectivity index (χ3v) is 4.96. The zero-order valence-electron chi connectivity index (χ0n) is 12.5. The predicted octanol–water partition coefficient (Wildman–Crippen LogP) is 3.44. The van der Waals surface area contributed by atoms with E-state index in [4.69, 9.17) is 0 Å². The number of amides is 1. The molecule has 1 aromatic carbocycles. The largest absolute Gasteiger partial charge is 0.329 e. The predicted molar refractivity (Wildman–Crippen MR) is 86.5 cm³/mol. The van der Waals surface area contributed by atoms with Crippen molar-refractivity contribution in [1.29, 1.82) is 0 Å². The molecular weight excluding hydrogens is 313 g/mol. The number of hydrogen-bond donors (Lipinski definition) is 0. The first-order chi connectivity index (χ1) is 11.1. The number of halogens is 1. The minimum Gasteiger partial charge on any atom is -0.329 e. The second-order valence-electron chi connectivity index (χ2n) is 5.63. The Kier molecular flexibility index (Phi) is 3.27. The van der Waals surface area contributed by atoms with E-state index in [-0.39, 0.29) is 11.7 Å². The second-order valence-corrected chi connectivity index (χ2v) is 6.63. The van der Waals surface area contributed by atoms with Crippen molar-refractivity contribution in [2.45, 2.75) is 13.1 Å². The molecule has 4 nitrogen and oxygen atoms in total. The van der Waals surface area contributed by atoms with Crippen molar-refractivity contribution in [2.24, 2.45) is 7.05 Å². The zero-order valence-corrected chi connectivity index (χ0v) is 13.3. The topological polar surface area (TPSA) is 38.1 Å². The molecule has 0 radical (unpaired) electrons. The van der Waals surface area contributed by atoms with Crippen LogP contribution in [0.5, 0.6) is 0 Å². The maximum Gasteiger partial charge on any atom is 0.255 e. The number of aryl methyl sites for hydroxylation is 1. The molecule has 2 aromatic heterocycles. The summed E-state index contributed by atoms with van der Waals surface area (Å²) < 4.78 is 16.1. The summed E-state index contributed by atoms with van der Waals surface area (Å²) in [6.07, 6.45) is 3.55. The number of benzene rings is 1. The van der Waals surface area contributed by atoms with Crippen LogP contribution in [0.15, 0.2) is 42.0 Å². The van der Waals surface area contributed by atoms with Gasteiger partial charge in [0.25, 0.3) is 5.91 Å². The van der Waals surface area contributed by atoms with Gasteiger partial charge in [-0.3, -0.25) is 9.48 Å². The van der Waals surface area contributed by atoms with Crippen molar-refractivity contribution in [1.82, 2.24) is 14.7 Å². The molecule has 0 bridgehead atoms. The lowest BCUT2D eigenvalue weighted by Gasteiger charge is -2.16. The number of rotatable bonds is 3. The molecule has 0 spiro atoms. The van der Waals surface area contributed by atoms with Crippen molar-refractivity contribution < 1.29 is 9.18 Å². The third-order valence-electron chi connectivity index (χ3n) is 4.05. The molecule has 0 saturated heterocycles. The minimum atomic E-state index is -0.297. The van der Waals surface area contributed by atoms with Crippen LogP contribution in [0.2, 0.25) is 0 Å². The van der Waals surface area contributed by atoms with Crippen LogP contribution in [-0.2, 0) is 20.1 Å². The van der Waals surface area contributed by atoms with Crippen molar-refractivity contribution >= 4 is 17.2 Å². The molecule has 0 saturated carbocycles. The van der Waals surface area contributed by atoms with Crippen LogP contribution in [0, 0.1) is 5.82 Å². The minimum absolute atomic E-state index is 0.0167. The number of aromatic nitrogens is 2. The van der Waals surface area contributed by atoms with E-state index in [9.17, 15) is 9.18 Å². The molecule has 4 rings (SSSR count). The average Bonchev–Trinajstić information content (AvgIpc) is 3.21. The van der Waals surface area contributed by atoms with Gasteiger partial charge in [0.2, 0.25) is 0 Å². The summed E-state index contributed by atoms with van der Waals surface area (Å²) in [4.78, 5) is 15.0. The van der Waals surface area contributed by atoms with Gasteiger partial charge in [-0.1, -0.05) is 12.1 Å². The summed E-state index contributed by atoms with van der Waals surface area (Å²) in [7, 11) is 1.83. The Bertz CT molecular complexity index is 899. The number of carbonyl (C=O) groups excluding carboxylic acids is 1. The molecule has 116 valence electrons. The Labute approximate surface area is 136 Å². The Morgan fingerprint density at radius 3 is 2.87 bits per heavy atom. The molecular formula is C17H14FN3OS. The van der Waals surface area contributed by atoms with Crippen LogP contribution in [0.1, 0.15) is 20.8 Å². The molecule has 0 aliphatic carbocycles. The fourth-order valence-corrected chi connectivity index (χ4v) is 3.71. The number of nitrogens with zero attached hydrogens (tertiary/aromatic N) is 3. The fraction of sp³-hybridized carbons (Fsp3) is 0.176. The van der Waals surface area contributed by atoms with Crippen LogP contribution in [-0.4, -0.2) is 20.6 Å². The molecule has 1 amide bonds. The Hall–Kier alpha value is -2.47. The quantitative estimate of drug-likeness (QED) is 0.739. The van der Waals surface area contributed by atoms with E-state index >= 15 is 0 Å². The Morgan fingerprint density at radius 2 is 2.17 bits per heavy atom. The fourth-order valence-electron chi connectivity index (χ4n) is 2.83. The average molecular weight is 327 g/mol. The van der Waals surface area contributed by atoms with Gasteiger partial charge in [0.1, 0.15) is 5.82 Å². The van der Waals surface area contributed by atoms with Gasteiger partial charge in [-0.2, -0.15) is 5.10 Å². The lowest BCUT2D eigenvalue weighted by molar-refractivity contribution is 0.0765. The Balaban J connectivity index is 1.56. The van der Waals surface area contributed by atoms with E-state index in [1.165, 1.54) is 6.07 Å². The molecule has 0 unspecified atom stereocenters. The monoisotopic (exact) mass is 327 g/mol. The number of fused-ring (bicyclic) bond motifs is 1. The molecule has 1 aliphatic heterocycles. The van der Waals surface area contributed by atoms with Gasteiger partial charge in [0.05, 0.1) is 18.3 Å². The normalized spacial score (nSPS) is 13.7. The molecule has 0 N–H and O–H groups in total. The summed E-state index contributed by atoms with van der Waals surface area (Å²) in [6.45, 7) is 0.856. The first-order valence-corrected chi connectivity index (χ1v) is 8.13. The zero-order chi connectivity index (χ0) is 16.0. The first kappa shape index (κ1) is 14.1. The second kappa shape index (κ2) is 5.31. The molecule has 23 heavy (non-hydrogen) atoms. The molecule has 0 fully saturated rings. The van der Waals surface area contributed by atoms with Gasteiger partial charge in [-0.25, -0.2) is 4.39 Å². The molecule has 0 atom stereocenters. The van der Waals surface area contributed by atoms with Gasteiger partial charge in [-0.15, -0.1) is 11.3 Å². The molecule has 3 heterocycles. The maximum atomic E-state index is 14.4. The Morgan fingerprint density at radius 1 is 1.30 bits per heavy atom. The first-order valence-electron chi connectivity index (χ1n) is 7.25. The van der Waals surface area contributed by atoms with E-state index in [1.54, 1.807) is 33.2 Å². The van der Waals surface area contributed by atoms with Crippen molar-refractivity contribution in [3.8, 4) is 11.1 Å². The maximum absolute atomic E-state index is 14.4. The number of carbonyl (C=O) groups is 1. The summed E-state index contributed by atoms with van der Waals surface area (Å²) in [5, 5.41) is 6.02. The lowest BCUT2D eigenvalue weighted by atomic mass is 10.1. The van der Waals surface area contributed by atoms with E-state index in [0.29, 0.717) is 18.7 Å². The highest BCUT2D eigenvalue weighted by Gasteiger charge is 2.28. The van der Waals surface area contributed by atoms with Crippen LogP contribution in [0.4, 0.5) is 4.39 Å². The standard InChI is InChI=1S/C17H14FN3OS/c1-20-8-13(7-19-20)11-2-3-12(15(18)6-11)9-21-10-16-14(17(21)22)4-5-23-16/h2-8H,9-10H2,1H3. The van der Waals surface area contributed by atoms with Crippen LogP contribution < -0.4 is 0 Å². The highest BCUT2D eigenvalue weighted by atomic mass is 32.1. The SMILES string of the molecule is Cn1cc(-c2ccc(CN3Cc4sccc4C3=O)c(F)c2)cn1. The highest BCUT2D eigenvalue weighted by molar-refractivity contribution is 7.10. The summed E-state index contributed by atoms with van der Waals surface area (Å²) in [6, 6.07) is 6.95. The van der Waals surface area contributed by atoms with Gasteiger partial charge in [0, 0.05) is 35.8 Å². The lowest BCUT2D eigenvalue weighted by Crippen LogP contribution is -2.23. The summed E-state index contributed by atoms with van der Waals surface area (Å²) in [5.74, 6) is -0.314. The molecule has 1 aliphatic rings. The van der Waals surface area contributed by atoms with E-state index in [0.717, 1.165) is 21.6 Å². The van der Waals surface area contributed by atoms with Crippen LogP contribution >= 0.6 is 11.3 Å². The van der Waals surface area contributed by atoms with Crippen LogP contribution in [0.3, 0.4) is 0 Å². The summed E-state index contributed by atoms with van der Waals surface area (Å²) in [5.41, 5.74) is 2.94. The van der Waals surface area contributed by atoms with Crippen LogP contribution in [0.25, 0.3) is 11.1 Å². The van der Waals surface area contributed by atoms with Gasteiger partial charge in [0.15, 0.2) is 0 Å². The smallest absolute Gasteiger partial charge is 0.255 e. The van der Waals surface area contributed by atoms with E-state index < -0.39 is 0 Å². The van der Waals surface area contributed by atoms with E-state index in [1.807, 2.05) is 30.8 Å².